The van der Waals surface area contributed by atoms with Crippen LogP contribution in [0.3, 0.4) is 0 Å². The molecule has 0 saturated heterocycles. The number of fused-ring (bicyclic) bond motifs is 1. The van der Waals surface area contributed by atoms with E-state index >= 15 is 0 Å². The first-order valence-corrected chi connectivity index (χ1v) is 8.44. The van der Waals surface area contributed by atoms with E-state index in [-0.39, 0.29) is 5.91 Å². The number of carbonyl (C=O) groups excluding carboxylic acids is 1. The fraction of sp³-hybridized carbons (Fsp3) is 0.238. The lowest BCUT2D eigenvalue weighted by molar-refractivity contribution is 0.0952. The molecule has 0 aliphatic carbocycles. The highest BCUT2D eigenvalue weighted by Gasteiger charge is 2.13. The van der Waals surface area contributed by atoms with Gasteiger partial charge in [0.05, 0.1) is 16.8 Å². The van der Waals surface area contributed by atoms with Crippen LogP contribution in [-0.4, -0.2) is 43.0 Å². The van der Waals surface area contributed by atoms with Crippen molar-refractivity contribution in [3.8, 4) is 11.3 Å². The Kier molecular flexibility index (Phi) is 5.10. The van der Waals surface area contributed by atoms with Crippen molar-refractivity contribution < 1.29 is 4.79 Å². The van der Waals surface area contributed by atoms with Gasteiger partial charge in [0.15, 0.2) is 0 Å². The molecular formula is C21H23N3O. The van der Waals surface area contributed by atoms with Crippen molar-refractivity contribution in [2.75, 3.05) is 27.2 Å². The van der Waals surface area contributed by atoms with Gasteiger partial charge < -0.3 is 10.2 Å². The molecule has 1 aromatic heterocycles. The number of rotatable bonds is 5. The summed E-state index contributed by atoms with van der Waals surface area (Å²) in [7, 11) is 3.98. The van der Waals surface area contributed by atoms with E-state index in [0.29, 0.717) is 12.1 Å². The summed E-state index contributed by atoms with van der Waals surface area (Å²) in [5, 5.41) is 3.88. The molecule has 25 heavy (non-hydrogen) atoms. The van der Waals surface area contributed by atoms with Gasteiger partial charge in [-0.2, -0.15) is 0 Å². The van der Waals surface area contributed by atoms with E-state index in [1.54, 1.807) is 0 Å². The highest BCUT2D eigenvalue weighted by Crippen LogP contribution is 2.25. The third-order valence-corrected chi connectivity index (χ3v) is 4.15. The van der Waals surface area contributed by atoms with Gasteiger partial charge in [0.2, 0.25) is 0 Å². The number of aryl methyl sites for hydroxylation is 1. The van der Waals surface area contributed by atoms with Gasteiger partial charge in [0.1, 0.15) is 0 Å². The molecule has 1 amide bonds. The van der Waals surface area contributed by atoms with Crippen LogP contribution >= 0.6 is 0 Å². The first-order chi connectivity index (χ1) is 12.0. The van der Waals surface area contributed by atoms with E-state index < -0.39 is 0 Å². The quantitative estimate of drug-likeness (QED) is 0.777. The second-order valence-electron chi connectivity index (χ2n) is 6.50. The Morgan fingerprint density at radius 3 is 2.52 bits per heavy atom. The van der Waals surface area contributed by atoms with Crippen LogP contribution < -0.4 is 5.32 Å². The summed E-state index contributed by atoms with van der Waals surface area (Å²) in [5.41, 5.74) is 4.53. The minimum absolute atomic E-state index is 0.0613. The van der Waals surface area contributed by atoms with Gasteiger partial charge in [0.25, 0.3) is 5.91 Å². The Hall–Kier alpha value is -2.72. The van der Waals surface area contributed by atoms with Gasteiger partial charge in [-0.25, -0.2) is 4.98 Å². The number of hydrogen-bond donors (Lipinski definition) is 1. The minimum Gasteiger partial charge on any atom is -0.351 e. The Bertz CT molecular complexity index is 885. The van der Waals surface area contributed by atoms with Crippen molar-refractivity contribution >= 4 is 16.8 Å². The average Bonchev–Trinajstić information content (AvgIpc) is 2.61. The SMILES string of the molecule is Cc1ccc(-c2cc(C(=O)NCCN(C)C)c3ccccc3n2)cc1. The van der Waals surface area contributed by atoms with Crippen molar-refractivity contribution in [1.82, 2.24) is 15.2 Å². The van der Waals surface area contributed by atoms with E-state index in [1.807, 2.05) is 61.5 Å². The van der Waals surface area contributed by atoms with Crippen LogP contribution in [0.1, 0.15) is 15.9 Å². The van der Waals surface area contributed by atoms with Crippen molar-refractivity contribution in [3.05, 3.63) is 65.7 Å². The van der Waals surface area contributed by atoms with Crippen LogP contribution in [0, 0.1) is 6.92 Å². The molecule has 3 aromatic rings. The number of aromatic nitrogens is 1. The maximum atomic E-state index is 12.7. The lowest BCUT2D eigenvalue weighted by Gasteiger charge is -2.13. The molecule has 0 bridgehead atoms. The Labute approximate surface area is 148 Å². The molecule has 0 aliphatic rings. The number of carbonyl (C=O) groups is 1. The molecule has 4 nitrogen and oxygen atoms in total. The Morgan fingerprint density at radius 1 is 1.08 bits per heavy atom. The third kappa shape index (κ3) is 4.03. The molecule has 3 rings (SSSR count). The molecule has 0 atom stereocenters. The summed E-state index contributed by atoms with van der Waals surface area (Å²) in [4.78, 5) is 19.5. The van der Waals surface area contributed by atoms with Gasteiger partial charge in [-0.05, 0) is 33.2 Å². The van der Waals surface area contributed by atoms with E-state index in [1.165, 1.54) is 5.56 Å². The van der Waals surface area contributed by atoms with Gasteiger partial charge in [-0.15, -0.1) is 0 Å². The third-order valence-electron chi connectivity index (χ3n) is 4.15. The monoisotopic (exact) mass is 333 g/mol. The molecular weight excluding hydrogens is 310 g/mol. The number of nitrogens with zero attached hydrogens (tertiary/aromatic N) is 2. The summed E-state index contributed by atoms with van der Waals surface area (Å²) in [6.45, 7) is 3.48. The average molecular weight is 333 g/mol. The first kappa shape index (κ1) is 17.1. The van der Waals surface area contributed by atoms with Crippen molar-refractivity contribution in [3.63, 3.8) is 0 Å². The number of para-hydroxylation sites is 1. The summed E-state index contributed by atoms with van der Waals surface area (Å²) in [6.07, 6.45) is 0. The van der Waals surface area contributed by atoms with E-state index in [4.69, 9.17) is 4.98 Å². The number of hydrogen-bond acceptors (Lipinski definition) is 3. The molecule has 0 unspecified atom stereocenters. The zero-order chi connectivity index (χ0) is 17.8. The summed E-state index contributed by atoms with van der Waals surface area (Å²) < 4.78 is 0. The highest BCUT2D eigenvalue weighted by atomic mass is 16.1. The largest absolute Gasteiger partial charge is 0.351 e. The van der Waals surface area contributed by atoms with Gasteiger partial charge >= 0.3 is 0 Å². The van der Waals surface area contributed by atoms with Gasteiger partial charge in [0, 0.05) is 24.0 Å². The molecule has 2 aromatic carbocycles. The predicted molar refractivity (Wildman–Crippen MR) is 103 cm³/mol. The molecule has 0 aliphatic heterocycles. The van der Waals surface area contributed by atoms with E-state index in [9.17, 15) is 4.79 Å². The maximum Gasteiger partial charge on any atom is 0.252 e. The van der Waals surface area contributed by atoms with Crippen LogP contribution in [0.5, 0.6) is 0 Å². The zero-order valence-electron chi connectivity index (χ0n) is 14.9. The standard InChI is InChI=1S/C21H23N3O/c1-15-8-10-16(11-9-15)20-14-18(21(25)22-12-13-24(2)3)17-6-4-5-7-19(17)23-20/h4-11,14H,12-13H2,1-3H3,(H,22,25). The van der Waals surface area contributed by atoms with Crippen LogP contribution in [0.4, 0.5) is 0 Å². The number of amides is 1. The lowest BCUT2D eigenvalue weighted by Crippen LogP contribution is -2.31. The number of nitrogens with one attached hydrogen (secondary N) is 1. The van der Waals surface area contributed by atoms with Gasteiger partial charge in [-0.3, -0.25) is 4.79 Å². The van der Waals surface area contributed by atoms with E-state index in [2.05, 4.69) is 24.4 Å². The molecule has 1 heterocycles. The molecule has 0 fully saturated rings. The molecule has 4 heteroatoms. The van der Waals surface area contributed by atoms with Crippen molar-refractivity contribution in [2.24, 2.45) is 0 Å². The highest BCUT2D eigenvalue weighted by molar-refractivity contribution is 6.07. The maximum absolute atomic E-state index is 12.7. The smallest absolute Gasteiger partial charge is 0.252 e. The summed E-state index contributed by atoms with van der Waals surface area (Å²) >= 11 is 0. The molecule has 128 valence electrons. The van der Waals surface area contributed by atoms with Crippen LogP contribution in [0.2, 0.25) is 0 Å². The fourth-order valence-electron chi connectivity index (χ4n) is 2.72. The molecule has 0 radical (unpaired) electrons. The van der Waals surface area contributed by atoms with Crippen molar-refractivity contribution in [1.29, 1.82) is 0 Å². The molecule has 0 saturated carbocycles. The molecule has 1 N–H and O–H groups in total. The van der Waals surface area contributed by atoms with Crippen LogP contribution in [0.25, 0.3) is 22.2 Å². The Balaban J connectivity index is 2.00. The number of likely N-dealkylation sites (N-methyl/N-ethyl adjacent to an activating group) is 1. The Morgan fingerprint density at radius 2 is 1.80 bits per heavy atom. The predicted octanol–water partition coefficient (Wildman–Crippen LogP) is 3.50. The lowest BCUT2D eigenvalue weighted by atomic mass is 10.0. The first-order valence-electron chi connectivity index (χ1n) is 8.44. The summed E-state index contributed by atoms with van der Waals surface area (Å²) in [5.74, 6) is -0.0613. The van der Waals surface area contributed by atoms with Crippen molar-refractivity contribution in [2.45, 2.75) is 6.92 Å². The van der Waals surface area contributed by atoms with Crippen LogP contribution in [-0.2, 0) is 0 Å². The topological polar surface area (TPSA) is 45.2 Å². The second kappa shape index (κ2) is 7.45. The van der Waals surface area contributed by atoms with Gasteiger partial charge in [-0.1, -0.05) is 48.0 Å². The number of benzene rings is 2. The molecule has 0 spiro atoms. The minimum atomic E-state index is -0.0613. The van der Waals surface area contributed by atoms with E-state index in [0.717, 1.165) is 28.7 Å². The zero-order valence-corrected chi connectivity index (χ0v) is 14.9. The normalized spacial score (nSPS) is 11.0. The van der Waals surface area contributed by atoms with Crippen LogP contribution in [0.15, 0.2) is 54.6 Å². The number of pyridine rings is 1. The summed E-state index contributed by atoms with van der Waals surface area (Å²) in [6, 6.07) is 17.9. The fourth-order valence-corrected chi connectivity index (χ4v) is 2.72. The second-order valence-corrected chi connectivity index (χ2v) is 6.50.